The molecule has 0 aromatic heterocycles. The Kier molecular flexibility index (Phi) is 4.43. The molecule has 2 rings (SSSR count). The maximum atomic E-state index is 12.7. The van der Waals surface area contributed by atoms with E-state index in [4.69, 9.17) is 4.74 Å². The zero-order valence-electron chi connectivity index (χ0n) is 11.0. The van der Waals surface area contributed by atoms with Gasteiger partial charge in [-0.25, -0.2) is 0 Å². The Balaban J connectivity index is 2.05. The molecule has 0 spiro atoms. The highest BCUT2D eigenvalue weighted by atomic mass is 16.5. The number of ether oxygens (including phenoxy) is 1. The van der Waals surface area contributed by atoms with Gasteiger partial charge in [-0.05, 0) is 19.3 Å². The van der Waals surface area contributed by atoms with Crippen molar-refractivity contribution in [2.75, 3.05) is 26.3 Å². The van der Waals surface area contributed by atoms with Gasteiger partial charge in [0.05, 0.1) is 13.2 Å². The van der Waals surface area contributed by atoms with Crippen LogP contribution in [-0.2, 0) is 9.53 Å². The van der Waals surface area contributed by atoms with Crippen LogP contribution in [0.25, 0.3) is 0 Å². The Morgan fingerprint density at radius 1 is 1.18 bits per heavy atom. The number of carbonyl (C=O) groups is 1. The zero-order chi connectivity index (χ0) is 12.1. The van der Waals surface area contributed by atoms with E-state index in [0.29, 0.717) is 19.1 Å². The SMILES string of the molecule is CCCC1(C(=O)N2CCOCC2)CCCCC1. The molecule has 1 heterocycles. The summed E-state index contributed by atoms with van der Waals surface area (Å²) in [5.74, 6) is 0.419. The minimum absolute atomic E-state index is 0.0235. The van der Waals surface area contributed by atoms with Crippen molar-refractivity contribution < 1.29 is 9.53 Å². The van der Waals surface area contributed by atoms with Crippen LogP contribution in [0.5, 0.6) is 0 Å². The summed E-state index contributed by atoms with van der Waals surface area (Å²) in [5, 5.41) is 0. The molecule has 0 N–H and O–H groups in total. The van der Waals surface area contributed by atoms with E-state index in [-0.39, 0.29) is 5.41 Å². The van der Waals surface area contributed by atoms with Gasteiger partial charge in [-0.2, -0.15) is 0 Å². The highest BCUT2D eigenvalue weighted by molar-refractivity contribution is 5.83. The lowest BCUT2D eigenvalue weighted by Crippen LogP contribution is -2.49. The lowest BCUT2D eigenvalue weighted by molar-refractivity contribution is -0.149. The molecule has 0 bridgehead atoms. The van der Waals surface area contributed by atoms with Crippen molar-refractivity contribution in [1.29, 1.82) is 0 Å². The van der Waals surface area contributed by atoms with Crippen LogP contribution >= 0.6 is 0 Å². The summed E-state index contributed by atoms with van der Waals surface area (Å²) in [6.45, 7) is 5.22. The summed E-state index contributed by atoms with van der Waals surface area (Å²) in [4.78, 5) is 14.8. The molecular weight excluding hydrogens is 214 g/mol. The molecule has 98 valence electrons. The van der Waals surface area contributed by atoms with Crippen LogP contribution in [0.1, 0.15) is 51.9 Å². The van der Waals surface area contributed by atoms with Crippen LogP contribution in [-0.4, -0.2) is 37.1 Å². The van der Waals surface area contributed by atoms with Gasteiger partial charge in [0.15, 0.2) is 0 Å². The first-order valence-corrected chi connectivity index (χ1v) is 7.16. The summed E-state index contributed by atoms with van der Waals surface area (Å²) in [6.07, 6.45) is 8.18. The van der Waals surface area contributed by atoms with E-state index in [1.807, 2.05) is 4.90 Å². The zero-order valence-corrected chi connectivity index (χ0v) is 11.0. The van der Waals surface area contributed by atoms with E-state index in [2.05, 4.69) is 6.92 Å². The van der Waals surface area contributed by atoms with E-state index >= 15 is 0 Å². The minimum Gasteiger partial charge on any atom is -0.378 e. The summed E-state index contributed by atoms with van der Waals surface area (Å²) < 4.78 is 5.34. The summed E-state index contributed by atoms with van der Waals surface area (Å²) in [6, 6.07) is 0. The third kappa shape index (κ3) is 2.82. The smallest absolute Gasteiger partial charge is 0.228 e. The third-order valence-electron chi connectivity index (χ3n) is 4.29. The molecule has 1 aliphatic heterocycles. The number of rotatable bonds is 3. The van der Waals surface area contributed by atoms with Crippen LogP contribution in [0.3, 0.4) is 0 Å². The fourth-order valence-corrected chi connectivity index (χ4v) is 3.38. The van der Waals surface area contributed by atoms with E-state index in [1.165, 1.54) is 19.3 Å². The van der Waals surface area contributed by atoms with Crippen LogP contribution < -0.4 is 0 Å². The summed E-state index contributed by atoms with van der Waals surface area (Å²) in [5.41, 5.74) is -0.0235. The van der Waals surface area contributed by atoms with E-state index in [1.54, 1.807) is 0 Å². The molecule has 1 saturated carbocycles. The molecular formula is C14H25NO2. The first-order valence-electron chi connectivity index (χ1n) is 7.16. The number of hydrogen-bond acceptors (Lipinski definition) is 2. The Bertz CT molecular complexity index is 247. The Morgan fingerprint density at radius 2 is 1.82 bits per heavy atom. The van der Waals surface area contributed by atoms with Crippen LogP contribution in [0.15, 0.2) is 0 Å². The van der Waals surface area contributed by atoms with Gasteiger partial charge in [-0.15, -0.1) is 0 Å². The first kappa shape index (κ1) is 12.9. The standard InChI is InChI=1S/C14H25NO2/c1-2-6-14(7-4-3-5-8-14)13(16)15-9-11-17-12-10-15/h2-12H2,1H3. The largest absolute Gasteiger partial charge is 0.378 e. The molecule has 3 nitrogen and oxygen atoms in total. The van der Waals surface area contributed by atoms with Gasteiger partial charge in [0.2, 0.25) is 5.91 Å². The summed E-state index contributed by atoms with van der Waals surface area (Å²) in [7, 11) is 0. The molecule has 1 amide bonds. The quantitative estimate of drug-likeness (QED) is 0.757. The number of carbonyl (C=O) groups excluding carboxylic acids is 1. The van der Waals surface area contributed by atoms with Gasteiger partial charge in [-0.1, -0.05) is 32.6 Å². The van der Waals surface area contributed by atoms with E-state index in [9.17, 15) is 4.79 Å². The van der Waals surface area contributed by atoms with Gasteiger partial charge in [-0.3, -0.25) is 4.79 Å². The molecule has 17 heavy (non-hydrogen) atoms. The monoisotopic (exact) mass is 239 g/mol. The third-order valence-corrected chi connectivity index (χ3v) is 4.29. The molecule has 1 aliphatic carbocycles. The van der Waals surface area contributed by atoms with Gasteiger partial charge in [0, 0.05) is 18.5 Å². The van der Waals surface area contributed by atoms with Crippen molar-refractivity contribution in [3.63, 3.8) is 0 Å². The van der Waals surface area contributed by atoms with Gasteiger partial charge >= 0.3 is 0 Å². The maximum Gasteiger partial charge on any atom is 0.228 e. The average Bonchev–Trinajstić information content (AvgIpc) is 2.40. The second-order valence-corrected chi connectivity index (χ2v) is 5.50. The van der Waals surface area contributed by atoms with Crippen molar-refractivity contribution in [3.05, 3.63) is 0 Å². The fourth-order valence-electron chi connectivity index (χ4n) is 3.38. The second-order valence-electron chi connectivity index (χ2n) is 5.50. The average molecular weight is 239 g/mol. The van der Waals surface area contributed by atoms with Gasteiger partial charge < -0.3 is 9.64 Å². The number of morpholine rings is 1. The van der Waals surface area contributed by atoms with Gasteiger partial charge in [0.1, 0.15) is 0 Å². The molecule has 0 unspecified atom stereocenters. The molecule has 1 saturated heterocycles. The van der Waals surface area contributed by atoms with E-state index < -0.39 is 0 Å². The van der Waals surface area contributed by atoms with Crippen molar-refractivity contribution in [2.24, 2.45) is 5.41 Å². The van der Waals surface area contributed by atoms with Crippen LogP contribution in [0.4, 0.5) is 0 Å². The molecule has 0 atom stereocenters. The lowest BCUT2D eigenvalue weighted by atomic mass is 9.70. The topological polar surface area (TPSA) is 29.5 Å². The van der Waals surface area contributed by atoms with Crippen molar-refractivity contribution in [3.8, 4) is 0 Å². The van der Waals surface area contributed by atoms with Crippen molar-refractivity contribution >= 4 is 5.91 Å². The number of nitrogens with zero attached hydrogens (tertiary/aromatic N) is 1. The van der Waals surface area contributed by atoms with Crippen molar-refractivity contribution in [1.82, 2.24) is 4.90 Å². The minimum atomic E-state index is -0.0235. The van der Waals surface area contributed by atoms with Crippen molar-refractivity contribution in [2.45, 2.75) is 51.9 Å². The lowest BCUT2D eigenvalue weighted by Gasteiger charge is -2.41. The molecule has 0 aromatic rings. The first-order chi connectivity index (χ1) is 8.28. The fraction of sp³-hybridized carbons (Fsp3) is 0.929. The molecule has 2 fully saturated rings. The molecule has 0 aromatic carbocycles. The van der Waals surface area contributed by atoms with Crippen LogP contribution in [0, 0.1) is 5.41 Å². The molecule has 2 aliphatic rings. The Morgan fingerprint density at radius 3 is 2.41 bits per heavy atom. The maximum absolute atomic E-state index is 12.7. The highest BCUT2D eigenvalue weighted by Crippen LogP contribution is 2.41. The molecule has 0 radical (unpaired) electrons. The normalized spacial score (nSPS) is 24.6. The van der Waals surface area contributed by atoms with Crippen LogP contribution in [0.2, 0.25) is 0 Å². The van der Waals surface area contributed by atoms with Gasteiger partial charge in [0.25, 0.3) is 0 Å². The highest BCUT2D eigenvalue weighted by Gasteiger charge is 2.41. The number of amides is 1. The summed E-state index contributed by atoms with van der Waals surface area (Å²) >= 11 is 0. The van der Waals surface area contributed by atoms with E-state index in [0.717, 1.165) is 38.8 Å². The Labute approximate surface area is 105 Å². The predicted octanol–water partition coefficient (Wildman–Crippen LogP) is 2.60. The number of hydrogen-bond donors (Lipinski definition) is 0. The Hall–Kier alpha value is -0.570. The predicted molar refractivity (Wildman–Crippen MR) is 67.8 cm³/mol. The second kappa shape index (κ2) is 5.85. The molecule has 3 heteroatoms.